The van der Waals surface area contributed by atoms with Gasteiger partial charge in [-0.1, -0.05) is 52.3 Å². The fraction of sp³-hybridized carbons (Fsp3) is 0.512. The molecule has 6 amide bonds. The SMILES string of the molecule is CC[C@H](C)[C@H](NC(=O)[C@H](CC(C)C)NC(=O)[C@H](CC(=O)O)NC(=O)[C@H](CCCNC(=N)N)NC(=O)[C@@H](Cc1c[nH]cn1)NC(C)=O)C(=O)N[C@@H](Cc1c[nH]c2ccccc12)C(=O)O. The van der Waals surface area contributed by atoms with Crippen LogP contribution in [0.3, 0.4) is 0 Å². The maximum absolute atomic E-state index is 14.0. The van der Waals surface area contributed by atoms with Gasteiger partial charge in [0.15, 0.2) is 5.96 Å². The van der Waals surface area contributed by atoms with Crippen LogP contribution in [0.15, 0.2) is 43.0 Å². The van der Waals surface area contributed by atoms with Gasteiger partial charge in [0.1, 0.15) is 36.3 Å². The molecule has 0 unspecified atom stereocenters. The quantitative estimate of drug-likeness (QED) is 0.0276. The van der Waals surface area contributed by atoms with Crippen LogP contribution in [0, 0.1) is 17.2 Å². The van der Waals surface area contributed by atoms with Crippen LogP contribution in [0.4, 0.5) is 0 Å². The second kappa shape index (κ2) is 24.4. The van der Waals surface area contributed by atoms with Crippen molar-refractivity contribution in [2.45, 2.75) is 116 Å². The van der Waals surface area contributed by atoms with Crippen molar-refractivity contribution >= 4 is 64.2 Å². The molecule has 0 saturated carbocycles. The Hall–Kier alpha value is -7.00. The zero-order chi connectivity index (χ0) is 46.8. The number of hydrogen-bond donors (Lipinski definition) is 13. The summed E-state index contributed by atoms with van der Waals surface area (Å²) in [6.07, 6.45) is 4.00. The molecule has 0 aliphatic heterocycles. The Morgan fingerprint density at radius 2 is 1.40 bits per heavy atom. The zero-order valence-corrected chi connectivity index (χ0v) is 36.0. The molecule has 2 heterocycles. The maximum Gasteiger partial charge on any atom is 0.326 e. The molecule has 0 radical (unpaired) electrons. The first-order chi connectivity index (χ1) is 29.8. The van der Waals surface area contributed by atoms with E-state index >= 15 is 0 Å². The molecule has 14 N–H and O–H groups in total. The molecule has 0 bridgehead atoms. The highest BCUT2D eigenvalue weighted by atomic mass is 16.4. The summed E-state index contributed by atoms with van der Waals surface area (Å²) >= 11 is 0. The van der Waals surface area contributed by atoms with E-state index in [1.54, 1.807) is 40.0 Å². The number of benzene rings is 1. The fourth-order valence-corrected chi connectivity index (χ4v) is 6.71. The highest BCUT2D eigenvalue weighted by Gasteiger charge is 2.36. The summed E-state index contributed by atoms with van der Waals surface area (Å²) in [5.74, 6) is -8.78. The molecule has 22 heteroatoms. The average molecular weight is 881 g/mol. The number of carbonyl (C=O) groups is 8. The minimum atomic E-state index is -1.77. The number of amides is 6. The molecule has 0 aliphatic carbocycles. The molecule has 22 nitrogen and oxygen atoms in total. The van der Waals surface area contributed by atoms with Gasteiger partial charge < -0.3 is 63.1 Å². The summed E-state index contributed by atoms with van der Waals surface area (Å²) in [4.78, 5) is 115. The van der Waals surface area contributed by atoms with E-state index in [9.17, 15) is 48.6 Å². The van der Waals surface area contributed by atoms with E-state index in [0.717, 1.165) is 10.9 Å². The van der Waals surface area contributed by atoms with E-state index in [-0.39, 0.29) is 50.5 Å². The summed E-state index contributed by atoms with van der Waals surface area (Å²) < 4.78 is 0. The van der Waals surface area contributed by atoms with E-state index in [1.807, 2.05) is 18.2 Å². The van der Waals surface area contributed by atoms with Crippen LogP contribution in [-0.2, 0) is 51.2 Å². The van der Waals surface area contributed by atoms with Gasteiger partial charge >= 0.3 is 11.9 Å². The summed E-state index contributed by atoms with van der Waals surface area (Å²) in [6, 6.07) is -1.01. The molecule has 7 atom stereocenters. The number of hydrogen-bond acceptors (Lipinski definition) is 10. The van der Waals surface area contributed by atoms with Crippen molar-refractivity contribution in [3.63, 3.8) is 0 Å². The molecule has 0 spiro atoms. The first kappa shape index (κ1) is 50.4. The number of aromatic amines is 2. The molecule has 0 aliphatic rings. The van der Waals surface area contributed by atoms with Gasteiger partial charge in [-0.2, -0.15) is 0 Å². The van der Waals surface area contributed by atoms with Crippen LogP contribution >= 0.6 is 0 Å². The fourth-order valence-electron chi connectivity index (χ4n) is 6.71. The molecule has 3 rings (SSSR count). The van der Waals surface area contributed by atoms with E-state index < -0.39 is 96.0 Å². The topological polar surface area (TPSA) is 356 Å². The van der Waals surface area contributed by atoms with E-state index in [2.05, 4.69) is 52.2 Å². The lowest BCUT2D eigenvalue weighted by molar-refractivity contribution is -0.142. The predicted octanol–water partition coefficient (Wildman–Crippen LogP) is -0.480. The number of nitrogens with two attached hydrogens (primary N) is 1. The van der Waals surface area contributed by atoms with Crippen LogP contribution in [0.2, 0.25) is 0 Å². The highest BCUT2D eigenvalue weighted by molar-refractivity contribution is 5.98. The van der Waals surface area contributed by atoms with Gasteiger partial charge in [-0.05, 0) is 42.7 Å². The second-order valence-electron chi connectivity index (χ2n) is 15.7. The Kier molecular flexibility index (Phi) is 19.5. The third kappa shape index (κ3) is 16.4. The van der Waals surface area contributed by atoms with Gasteiger partial charge in [0.05, 0.1) is 18.4 Å². The number of imidazole rings is 1. The number of para-hydroxylation sites is 1. The molecule has 1 aromatic carbocycles. The van der Waals surface area contributed by atoms with Crippen molar-refractivity contribution in [1.29, 1.82) is 5.41 Å². The largest absolute Gasteiger partial charge is 0.481 e. The lowest BCUT2D eigenvalue weighted by Crippen LogP contribution is -2.60. The molecule has 63 heavy (non-hydrogen) atoms. The standard InChI is InChI=1S/C41H60N12O10/c1-6-22(4)34(39(61)52-32(40(62)63)15-24-18-46-27-11-8-7-10-26(24)27)53-38(60)29(14-21(2)3)50-37(59)31(17-33(55)56)51-35(57)28(12-9-13-45-41(42)43)49-36(58)30(48-23(5)54)16-25-19-44-20-47-25/h7-8,10-11,18-22,28-32,34,46H,6,9,12-17H2,1-5H3,(H,44,47)(H,48,54)(H,49,58)(H,50,59)(H,51,57)(H,52,61)(H,53,60)(H,55,56)(H,62,63)(H4,42,43,45)/t22-,28-,29-,30+,31-,32-,34-/m0/s1. The zero-order valence-electron chi connectivity index (χ0n) is 36.0. The van der Waals surface area contributed by atoms with Gasteiger partial charge in [0, 0.05) is 49.6 Å². The molecule has 2 aromatic heterocycles. The minimum absolute atomic E-state index is 0.0147. The number of H-pyrrole nitrogens is 2. The molecular formula is C41H60N12O10. The molecule has 344 valence electrons. The first-order valence-corrected chi connectivity index (χ1v) is 20.6. The number of guanidine groups is 1. The number of fused-ring (bicyclic) bond motifs is 1. The third-order valence-corrected chi connectivity index (χ3v) is 10.1. The minimum Gasteiger partial charge on any atom is -0.481 e. The van der Waals surface area contributed by atoms with Gasteiger partial charge in [0.25, 0.3) is 0 Å². The maximum atomic E-state index is 14.0. The lowest BCUT2D eigenvalue weighted by Gasteiger charge is -2.29. The number of carbonyl (C=O) groups excluding carboxylic acids is 6. The van der Waals surface area contributed by atoms with Crippen molar-refractivity contribution in [3.05, 3.63) is 54.2 Å². The van der Waals surface area contributed by atoms with Crippen LogP contribution in [-0.4, -0.2) is 121 Å². The van der Waals surface area contributed by atoms with Crippen LogP contribution < -0.4 is 43.0 Å². The summed E-state index contributed by atoms with van der Waals surface area (Å²) in [7, 11) is 0. The number of aliphatic carboxylic acids is 2. The Labute approximate surface area is 364 Å². The van der Waals surface area contributed by atoms with E-state index in [1.165, 1.54) is 19.4 Å². The Morgan fingerprint density at radius 3 is 2.00 bits per heavy atom. The van der Waals surface area contributed by atoms with Gasteiger partial charge in [-0.3, -0.25) is 39.0 Å². The number of carboxylic acids is 2. The van der Waals surface area contributed by atoms with Gasteiger partial charge in [-0.25, -0.2) is 9.78 Å². The molecule has 0 fully saturated rings. The van der Waals surface area contributed by atoms with Gasteiger partial charge in [0.2, 0.25) is 35.4 Å². The number of rotatable bonds is 26. The molecule has 3 aromatic rings. The molecular weight excluding hydrogens is 821 g/mol. The number of carboxylic acid groups (broad SMARTS) is 2. The third-order valence-electron chi connectivity index (χ3n) is 10.1. The summed E-state index contributed by atoms with van der Waals surface area (Å²) in [6.45, 7) is 8.30. The van der Waals surface area contributed by atoms with Crippen molar-refractivity contribution < 1.29 is 48.6 Å². The normalized spacial score (nSPS) is 14.4. The number of nitrogens with one attached hydrogen (secondary N) is 10. The highest BCUT2D eigenvalue weighted by Crippen LogP contribution is 2.20. The Balaban J connectivity index is 1.82. The van der Waals surface area contributed by atoms with E-state index in [0.29, 0.717) is 17.7 Å². The lowest BCUT2D eigenvalue weighted by atomic mass is 9.96. The second-order valence-corrected chi connectivity index (χ2v) is 15.7. The van der Waals surface area contributed by atoms with E-state index in [4.69, 9.17) is 11.1 Å². The molecule has 0 saturated heterocycles. The predicted molar refractivity (Wildman–Crippen MR) is 230 cm³/mol. The van der Waals surface area contributed by atoms with Crippen molar-refractivity contribution in [3.8, 4) is 0 Å². The smallest absolute Gasteiger partial charge is 0.326 e. The van der Waals surface area contributed by atoms with Crippen LogP contribution in [0.1, 0.15) is 78.0 Å². The Morgan fingerprint density at radius 1 is 0.778 bits per heavy atom. The first-order valence-electron chi connectivity index (χ1n) is 20.6. The summed E-state index contributed by atoms with van der Waals surface area (Å²) in [5.41, 5.74) is 7.24. The van der Waals surface area contributed by atoms with Crippen LogP contribution in [0.25, 0.3) is 10.9 Å². The van der Waals surface area contributed by atoms with Crippen molar-refractivity contribution in [1.82, 2.24) is 52.2 Å². The average Bonchev–Trinajstić information content (AvgIpc) is 3.88. The number of aromatic nitrogens is 3. The van der Waals surface area contributed by atoms with Crippen LogP contribution in [0.5, 0.6) is 0 Å². The van der Waals surface area contributed by atoms with Crippen molar-refractivity contribution in [2.75, 3.05) is 6.54 Å². The van der Waals surface area contributed by atoms with Gasteiger partial charge in [-0.15, -0.1) is 0 Å². The van der Waals surface area contributed by atoms with Crippen molar-refractivity contribution in [2.24, 2.45) is 17.6 Å². The monoisotopic (exact) mass is 880 g/mol. The summed E-state index contributed by atoms with van der Waals surface area (Å²) in [5, 5.41) is 45.8. The number of nitrogens with zero attached hydrogens (tertiary/aromatic N) is 1. The Bertz CT molecular complexity index is 2070.